The van der Waals surface area contributed by atoms with Crippen molar-refractivity contribution in [2.24, 2.45) is 0 Å². The molecule has 0 aromatic rings. The lowest BCUT2D eigenvalue weighted by atomic mass is 9.95. The van der Waals surface area contributed by atoms with Crippen molar-refractivity contribution >= 4 is 12.6 Å². The van der Waals surface area contributed by atoms with Crippen LogP contribution in [-0.4, -0.2) is 27.7 Å². The van der Waals surface area contributed by atoms with Crippen LogP contribution >= 0.6 is 12.6 Å². The quantitative estimate of drug-likeness (QED) is 0.429. The zero-order valence-corrected chi connectivity index (χ0v) is 6.09. The van der Waals surface area contributed by atoms with Gasteiger partial charge in [-0.15, -0.1) is 0 Å². The van der Waals surface area contributed by atoms with Gasteiger partial charge in [0.05, 0.1) is 12.2 Å². The van der Waals surface area contributed by atoms with Gasteiger partial charge in [-0.2, -0.15) is 12.6 Å². The average molecular weight is 148 g/mol. The molecule has 9 heavy (non-hydrogen) atoms. The van der Waals surface area contributed by atoms with Crippen molar-refractivity contribution in [3.8, 4) is 0 Å². The summed E-state index contributed by atoms with van der Waals surface area (Å²) < 4.78 is 0. The first-order chi connectivity index (χ1) is 4.20. The van der Waals surface area contributed by atoms with E-state index >= 15 is 0 Å². The fraction of sp³-hybridized carbons (Fsp3) is 1.00. The van der Waals surface area contributed by atoms with Crippen LogP contribution in [0.2, 0.25) is 0 Å². The van der Waals surface area contributed by atoms with Crippen molar-refractivity contribution in [2.45, 2.75) is 36.7 Å². The molecule has 3 unspecified atom stereocenters. The molecule has 1 fully saturated rings. The van der Waals surface area contributed by atoms with Gasteiger partial charge in [-0.05, 0) is 19.3 Å². The number of aliphatic hydroxyl groups is 2. The Morgan fingerprint density at radius 3 is 2.22 bits per heavy atom. The van der Waals surface area contributed by atoms with Crippen molar-refractivity contribution in [3.63, 3.8) is 0 Å². The molecule has 1 aliphatic carbocycles. The number of aliphatic hydroxyl groups excluding tert-OH is 2. The van der Waals surface area contributed by atoms with E-state index in [1.165, 1.54) is 0 Å². The SMILES string of the molecule is OC1CCC(S)CC1O. The Kier molecular flexibility index (Phi) is 2.38. The van der Waals surface area contributed by atoms with Crippen molar-refractivity contribution in [2.75, 3.05) is 0 Å². The van der Waals surface area contributed by atoms with E-state index in [1.54, 1.807) is 0 Å². The minimum absolute atomic E-state index is 0.281. The molecule has 0 heterocycles. The second-order valence-electron chi connectivity index (χ2n) is 2.60. The molecule has 3 atom stereocenters. The van der Waals surface area contributed by atoms with Gasteiger partial charge in [0, 0.05) is 5.25 Å². The van der Waals surface area contributed by atoms with Crippen molar-refractivity contribution in [1.29, 1.82) is 0 Å². The van der Waals surface area contributed by atoms with Gasteiger partial charge in [-0.1, -0.05) is 0 Å². The van der Waals surface area contributed by atoms with Crippen molar-refractivity contribution in [1.82, 2.24) is 0 Å². The Morgan fingerprint density at radius 1 is 1.11 bits per heavy atom. The molecule has 1 rings (SSSR count). The molecule has 0 bridgehead atoms. The molecule has 2 N–H and O–H groups in total. The highest BCUT2D eigenvalue weighted by Crippen LogP contribution is 2.22. The molecular weight excluding hydrogens is 136 g/mol. The highest BCUT2D eigenvalue weighted by molar-refractivity contribution is 7.80. The minimum atomic E-state index is -0.541. The van der Waals surface area contributed by atoms with E-state index in [1.807, 2.05) is 0 Å². The van der Waals surface area contributed by atoms with E-state index in [0.717, 1.165) is 6.42 Å². The van der Waals surface area contributed by atoms with Crippen LogP contribution in [0.5, 0.6) is 0 Å². The lowest BCUT2D eigenvalue weighted by molar-refractivity contribution is -0.00661. The summed E-state index contributed by atoms with van der Waals surface area (Å²) in [5.74, 6) is 0. The number of hydrogen-bond acceptors (Lipinski definition) is 3. The minimum Gasteiger partial charge on any atom is -0.390 e. The fourth-order valence-electron chi connectivity index (χ4n) is 1.11. The second-order valence-corrected chi connectivity index (χ2v) is 3.33. The first-order valence-electron chi connectivity index (χ1n) is 3.24. The molecule has 0 amide bonds. The van der Waals surface area contributed by atoms with Gasteiger partial charge < -0.3 is 10.2 Å². The van der Waals surface area contributed by atoms with Crippen LogP contribution in [0.3, 0.4) is 0 Å². The van der Waals surface area contributed by atoms with Gasteiger partial charge in [0.2, 0.25) is 0 Å². The van der Waals surface area contributed by atoms with Gasteiger partial charge in [-0.25, -0.2) is 0 Å². The van der Waals surface area contributed by atoms with Crippen LogP contribution in [0.25, 0.3) is 0 Å². The predicted molar refractivity (Wildman–Crippen MR) is 38.6 cm³/mol. The first kappa shape index (κ1) is 7.38. The Balaban J connectivity index is 2.35. The molecule has 0 aromatic carbocycles. The zero-order valence-electron chi connectivity index (χ0n) is 5.20. The highest BCUT2D eigenvalue weighted by Gasteiger charge is 2.24. The second kappa shape index (κ2) is 2.90. The lowest BCUT2D eigenvalue weighted by Gasteiger charge is -2.26. The molecule has 0 aromatic heterocycles. The molecule has 0 radical (unpaired) electrons. The van der Waals surface area contributed by atoms with E-state index in [9.17, 15) is 0 Å². The predicted octanol–water partition coefficient (Wildman–Crippen LogP) is 0.191. The standard InChI is InChI=1S/C6H12O2S/c7-5-2-1-4(9)3-6(5)8/h4-9H,1-3H2. The van der Waals surface area contributed by atoms with Gasteiger partial charge in [0.15, 0.2) is 0 Å². The van der Waals surface area contributed by atoms with Crippen molar-refractivity contribution < 1.29 is 10.2 Å². The molecule has 54 valence electrons. The van der Waals surface area contributed by atoms with E-state index in [0.29, 0.717) is 12.8 Å². The molecule has 0 aliphatic heterocycles. The van der Waals surface area contributed by atoms with Gasteiger partial charge >= 0.3 is 0 Å². The summed E-state index contributed by atoms with van der Waals surface area (Å²) in [6, 6.07) is 0. The Hall–Kier alpha value is 0.270. The molecule has 3 heteroatoms. The summed E-state index contributed by atoms with van der Waals surface area (Å²) in [5, 5.41) is 18.3. The molecular formula is C6H12O2S. The van der Waals surface area contributed by atoms with Crippen LogP contribution in [0.15, 0.2) is 0 Å². The largest absolute Gasteiger partial charge is 0.390 e. The summed E-state index contributed by atoms with van der Waals surface area (Å²) >= 11 is 4.19. The van der Waals surface area contributed by atoms with Crippen molar-refractivity contribution in [3.05, 3.63) is 0 Å². The van der Waals surface area contributed by atoms with E-state index in [-0.39, 0.29) is 5.25 Å². The summed E-state index contributed by atoms with van der Waals surface area (Å²) in [4.78, 5) is 0. The summed E-state index contributed by atoms with van der Waals surface area (Å²) in [7, 11) is 0. The van der Waals surface area contributed by atoms with Crippen LogP contribution in [-0.2, 0) is 0 Å². The third-order valence-corrected chi connectivity index (χ3v) is 2.22. The Morgan fingerprint density at radius 2 is 1.78 bits per heavy atom. The summed E-state index contributed by atoms with van der Waals surface area (Å²) in [5.41, 5.74) is 0. The third-order valence-electron chi connectivity index (χ3n) is 1.75. The van der Waals surface area contributed by atoms with Crippen LogP contribution in [0.1, 0.15) is 19.3 Å². The summed E-state index contributed by atoms with van der Waals surface area (Å²) in [6.45, 7) is 0. The maximum absolute atomic E-state index is 9.05. The third kappa shape index (κ3) is 1.85. The van der Waals surface area contributed by atoms with E-state index in [2.05, 4.69) is 12.6 Å². The van der Waals surface area contributed by atoms with Gasteiger partial charge in [0.25, 0.3) is 0 Å². The normalized spacial score (nSPS) is 45.0. The average Bonchev–Trinajstić information content (AvgIpc) is 1.80. The van der Waals surface area contributed by atoms with Crippen LogP contribution < -0.4 is 0 Å². The Labute approximate surface area is 60.3 Å². The molecule has 0 saturated heterocycles. The van der Waals surface area contributed by atoms with Gasteiger partial charge in [-0.3, -0.25) is 0 Å². The van der Waals surface area contributed by atoms with E-state index in [4.69, 9.17) is 10.2 Å². The molecule has 2 nitrogen and oxygen atoms in total. The molecule has 1 saturated carbocycles. The maximum atomic E-state index is 9.05. The molecule has 1 aliphatic rings. The summed E-state index contributed by atoms with van der Waals surface area (Å²) in [6.07, 6.45) is 1.19. The first-order valence-corrected chi connectivity index (χ1v) is 3.76. The number of thiol groups is 1. The van der Waals surface area contributed by atoms with Crippen LogP contribution in [0, 0.1) is 0 Å². The number of rotatable bonds is 0. The van der Waals surface area contributed by atoms with E-state index < -0.39 is 12.2 Å². The smallest absolute Gasteiger partial charge is 0.0809 e. The fourth-order valence-corrected chi connectivity index (χ4v) is 1.47. The molecule has 0 spiro atoms. The lowest BCUT2D eigenvalue weighted by Crippen LogP contribution is -2.33. The Bertz CT molecular complexity index is 97.1. The number of hydrogen-bond donors (Lipinski definition) is 3. The topological polar surface area (TPSA) is 40.5 Å². The highest BCUT2D eigenvalue weighted by atomic mass is 32.1. The van der Waals surface area contributed by atoms with Crippen LogP contribution in [0.4, 0.5) is 0 Å². The monoisotopic (exact) mass is 148 g/mol. The zero-order chi connectivity index (χ0) is 6.85. The van der Waals surface area contributed by atoms with Gasteiger partial charge in [0.1, 0.15) is 0 Å². The maximum Gasteiger partial charge on any atom is 0.0809 e.